The van der Waals surface area contributed by atoms with E-state index in [-0.39, 0.29) is 12.3 Å². The van der Waals surface area contributed by atoms with Crippen molar-refractivity contribution in [2.75, 3.05) is 0 Å². The zero-order chi connectivity index (χ0) is 14.4. The molecule has 2 aromatic heterocycles. The third-order valence-electron chi connectivity index (χ3n) is 2.73. The lowest BCUT2D eigenvalue weighted by Gasteiger charge is -2.03. The minimum absolute atomic E-state index is 0.0435. The summed E-state index contributed by atoms with van der Waals surface area (Å²) in [7, 11) is 0. The van der Waals surface area contributed by atoms with Crippen molar-refractivity contribution in [2.24, 2.45) is 0 Å². The first-order valence-corrected chi connectivity index (χ1v) is 6.71. The number of nitrogens with zero attached hydrogens (tertiary/aromatic N) is 5. The van der Waals surface area contributed by atoms with Gasteiger partial charge < -0.3 is 4.74 Å². The molecule has 1 N–H and O–H groups in total. The first kappa shape index (κ1) is 14.2. The van der Waals surface area contributed by atoms with Gasteiger partial charge in [-0.05, 0) is 29.3 Å². The Morgan fingerprint density at radius 3 is 3.00 bits per heavy atom. The van der Waals surface area contributed by atoms with Crippen LogP contribution in [-0.2, 0) is 24.3 Å². The Labute approximate surface area is 116 Å². The van der Waals surface area contributed by atoms with Crippen LogP contribution in [0, 0.1) is 0 Å². The lowest BCUT2D eigenvalue weighted by molar-refractivity contribution is 0.0449. The Balaban J connectivity index is 1.92. The molecule has 0 saturated carbocycles. The van der Waals surface area contributed by atoms with E-state index in [4.69, 9.17) is 4.74 Å². The van der Waals surface area contributed by atoms with Crippen LogP contribution in [0.5, 0.6) is 0 Å². The summed E-state index contributed by atoms with van der Waals surface area (Å²) in [6.45, 7) is 4.83. The maximum atomic E-state index is 11.8. The number of nitrogens with one attached hydrogen (secondary N) is 1. The van der Waals surface area contributed by atoms with Crippen LogP contribution in [0.2, 0.25) is 0 Å². The molecule has 0 amide bonds. The number of carbonyl (C=O) groups excluding carboxylic acids is 1. The topological polar surface area (TPSA) is 98.6 Å². The van der Waals surface area contributed by atoms with E-state index in [0.717, 1.165) is 25.0 Å². The highest BCUT2D eigenvalue weighted by molar-refractivity contribution is 5.87. The number of aryl methyl sites for hydroxylation is 2. The first-order chi connectivity index (χ1) is 9.74. The number of rotatable bonds is 7. The van der Waals surface area contributed by atoms with Crippen molar-refractivity contribution in [2.45, 2.75) is 46.3 Å². The Morgan fingerprint density at radius 2 is 2.25 bits per heavy atom. The smallest absolute Gasteiger partial charge is 0.359 e. The number of ether oxygens (including phenoxy) is 1. The predicted molar refractivity (Wildman–Crippen MR) is 69.8 cm³/mol. The molecule has 0 aliphatic heterocycles. The summed E-state index contributed by atoms with van der Waals surface area (Å²) in [6, 6.07) is 1.71. The van der Waals surface area contributed by atoms with Gasteiger partial charge >= 0.3 is 5.97 Å². The molecule has 0 saturated heterocycles. The fourth-order valence-corrected chi connectivity index (χ4v) is 1.78. The lowest BCUT2D eigenvalue weighted by Crippen LogP contribution is -2.11. The number of esters is 1. The number of hydrogen-bond donors (Lipinski definition) is 1. The Kier molecular flexibility index (Phi) is 4.80. The second-order valence-electron chi connectivity index (χ2n) is 4.42. The minimum Gasteiger partial charge on any atom is -0.453 e. The average Bonchev–Trinajstić information content (AvgIpc) is 3.06. The van der Waals surface area contributed by atoms with Crippen LogP contribution in [0.4, 0.5) is 0 Å². The van der Waals surface area contributed by atoms with Gasteiger partial charge in [-0.3, -0.25) is 5.10 Å². The highest BCUT2D eigenvalue weighted by atomic mass is 16.5. The van der Waals surface area contributed by atoms with Crippen LogP contribution in [0.1, 0.15) is 48.7 Å². The van der Waals surface area contributed by atoms with Crippen LogP contribution in [-0.4, -0.2) is 36.4 Å². The van der Waals surface area contributed by atoms with Crippen molar-refractivity contribution in [1.29, 1.82) is 0 Å². The minimum atomic E-state index is -0.477. The summed E-state index contributed by atoms with van der Waals surface area (Å²) < 4.78 is 6.79. The number of H-pyrrole nitrogens is 1. The van der Waals surface area contributed by atoms with Crippen molar-refractivity contribution in [3.8, 4) is 0 Å². The predicted octanol–water partition coefficient (Wildman–Crippen LogP) is 1.12. The van der Waals surface area contributed by atoms with E-state index in [0.29, 0.717) is 12.4 Å². The van der Waals surface area contributed by atoms with E-state index in [2.05, 4.69) is 32.6 Å². The largest absolute Gasteiger partial charge is 0.453 e. The molecule has 0 unspecified atom stereocenters. The van der Waals surface area contributed by atoms with Gasteiger partial charge in [0.15, 0.2) is 18.1 Å². The summed E-state index contributed by atoms with van der Waals surface area (Å²) in [5, 5.41) is 18.0. The molecule has 2 heterocycles. The van der Waals surface area contributed by atoms with Gasteiger partial charge in [0.2, 0.25) is 0 Å². The van der Waals surface area contributed by atoms with E-state index in [9.17, 15) is 4.79 Å². The number of aromatic nitrogens is 6. The molecule has 0 aliphatic rings. The van der Waals surface area contributed by atoms with Gasteiger partial charge in [0.25, 0.3) is 0 Å². The molecule has 0 radical (unpaired) electrons. The molecule has 0 atom stereocenters. The summed E-state index contributed by atoms with van der Waals surface area (Å²) in [5.41, 5.74) is 1.21. The van der Waals surface area contributed by atoms with Crippen molar-refractivity contribution in [3.63, 3.8) is 0 Å². The summed E-state index contributed by atoms with van der Waals surface area (Å²) >= 11 is 0. The third-order valence-corrected chi connectivity index (χ3v) is 2.73. The number of aromatic amines is 1. The molecule has 0 fully saturated rings. The molecule has 0 aromatic carbocycles. The van der Waals surface area contributed by atoms with Crippen LogP contribution >= 0.6 is 0 Å². The van der Waals surface area contributed by atoms with Gasteiger partial charge in [-0.15, -0.1) is 5.10 Å². The number of carbonyl (C=O) groups is 1. The Hall–Kier alpha value is -2.25. The van der Waals surface area contributed by atoms with Crippen molar-refractivity contribution in [1.82, 2.24) is 30.4 Å². The highest BCUT2D eigenvalue weighted by Crippen LogP contribution is 2.06. The summed E-state index contributed by atoms with van der Waals surface area (Å²) in [6.07, 6.45) is 2.75. The van der Waals surface area contributed by atoms with Crippen LogP contribution in [0.3, 0.4) is 0 Å². The van der Waals surface area contributed by atoms with E-state index >= 15 is 0 Å². The fraction of sp³-hybridized carbons (Fsp3) is 0.583. The molecule has 0 aliphatic carbocycles. The van der Waals surface area contributed by atoms with Crippen LogP contribution < -0.4 is 0 Å². The molecule has 0 spiro atoms. The van der Waals surface area contributed by atoms with E-state index in [1.165, 1.54) is 0 Å². The summed E-state index contributed by atoms with van der Waals surface area (Å²) in [4.78, 5) is 11.8. The van der Waals surface area contributed by atoms with Gasteiger partial charge in [-0.2, -0.15) is 5.10 Å². The fourth-order valence-electron chi connectivity index (χ4n) is 1.78. The van der Waals surface area contributed by atoms with E-state index < -0.39 is 5.97 Å². The van der Waals surface area contributed by atoms with Gasteiger partial charge in [-0.25, -0.2) is 9.48 Å². The number of hydrogen-bond acceptors (Lipinski definition) is 6. The second kappa shape index (κ2) is 6.78. The van der Waals surface area contributed by atoms with Crippen LogP contribution in [0.25, 0.3) is 0 Å². The van der Waals surface area contributed by atoms with Crippen molar-refractivity contribution in [3.05, 3.63) is 23.3 Å². The summed E-state index contributed by atoms with van der Waals surface area (Å²) in [5.74, 6) is 0.0548. The monoisotopic (exact) mass is 278 g/mol. The lowest BCUT2D eigenvalue weighted by atomic mass is 10.2. The molecule has 8 heteroatoms. The molecule has 8 nitrogen and oxygen atoms in total. The van der Waals surface area contributed by atoms with Crippen molar-refractivity contribution >= 4 is 5.97 Å². The zero-order valence-electron chi connectivity index (χ0n) is 11.7. The molecular weight excluding hydrogens is 260 g/mol. The molecule has 0 bridgehead atoms. The van der Waals surface area contributed by atoms with Gasteiger partial charge in [-0.1, -0.05) is 20.3 Å². The second-order valence-corrected chi connectivity index (χ2v) is 4.42. The third kappa shape index (κ3) is 3.40. The standard InChI is InChI=1S/C12H18N6O2/c1-3-5-9-7-10(14-13-9)12(19)20-8-11-15-16-17-18(11)6-4-2/h7H,3-6,8H2,1-2H3,(H,13,14). The van der Waals surface area contributed by atoms with Crippen LogP contribution in [0.15, 0.2) is 6.07 Å². The average molecular weight is 278 g/mol. The van der Waals surface area contributed by atoms with Gasteiger partial charge in [0, 0.05) is 12.2 Å². The Bertz CT molecular complexity index is 562. The van der Waals surface area contributed by atoms with Gasteiger partial charge in [0.05, 0.1) is 0 Å². The van der Waals surface area contributed by atoms with E-state index in [1.54, 1.807) is 10.7 Å². The molecule has 2 aromatic rings. The maximum Gasteiger partial charge on any atom is 0.359 e. The number of tetrazole rings is 1. The van der Waals surface area contributed by atoms with Crippen molar-refractivity contribution < 1.29 is 9.53 Å². The Morgan fingerprint density at radius 1 is 1.40 bits per heavy atom. The molecule has 2 rings (SSSR count). The normalized spacial score (nSPS) is 10.7. The van der Waals surface area contributed by atoms with E-state index in [1.807, 2.05) is 6.92 Å². The first-order valence-electron chi connectivity index (χ1n) is 6.71. The highest BCUT2D eigenvalue weighted by Gasteiger charge is 2.14. The maximum absolute atomic E-state index is 11.8. The molecular formula is C12H18N6O2. The molecule has 108 valence electrons. The van der Waals surface area contributed by atoms with Gasteiger partial charge in [0.1, 0.15) is 0 Å². The zero-order valence-corrected chi connectivity index (χ0v) is 11.7. The molecule has 20 heavy (non-hydrogen) atoms. The quantitative estimate of drug-likeness (QED) is 0.762. The SMILES string of the molecule is CCCc1cc(C(=O)OCc2nnnn2CCC)n[nH]1.